The van der Waals surface area contributed by atoms with E-state index in [9.17, 15) is 0 Å². The van der Waals surface area contributed by atoms with Gasteiger partial charge < -0.3 is 10.5 Å². The molecule has 82 valence electrons. The van der Waals surface area contributed by atoms with Crippen LogP contribution in [0.1, 0.15) is 17.5 Å². The average molecular weight is 207 g/mol. The van der Waals surface area contributed by atoms with E-state index in [2.05, 4.69) is 5.11 Å². The van der Waals surface area contributed by atoms with Crippen molar-refractivity contribution in [2.24, 2.45) is 5.11 Å². The van der Waals surface area contributed by atoms with Crippen LogP contribution in [0.5, 0.6) is 5.75 Å². The summed E-state index contributed by atoms with van der Waals surface area (Å²) in [6, 6.07) is 3.86. The van der Waals surface area contributed by atoms with Crippen molar-refractivity contribution in [3.8, 4) is 5.75 Å². The molecule has 0 aromatic heterocycles. The minimum atomic E-state index is 0.505. The average Bonchev–Trinajstić information content (AvgIpc) is 2.20. The van der Waals surface area contributed by atoms with E-state index in [0.717, 1.165) is 12.2 Å². The van der Waals surface area contributed by atoms with Gasteiger partial charge in [-0.2, -0.15) is 5.11 Å². The van der Waals surface area contributed by atoms with Crippen LogP contribution in [0, 0.1) is 19.4 Å². The Hall–Kier alpha value is -1.58. The van der Waals surface area contributed by atoms with E-state index in [1.807, 2.05) is 26.0 Å². The first kappa shape index (κ1) is 11.5. The smallest absolute Gasteiger partial charge is 0.142 e. The zero-order valence-corrected chi connectivity index (χ0v) is 9.21. The molecule has 1 aromatic carbocycles. The molecule has 4 nitrogen and oxygen atoms in total. The maximum Gasteiger partial charge on any atom is 0.142 e. The molecular weight excluding hydrogens is 190 g/mol. The highest BCUT2D eigenvalue weighted by molar-refractivity contribution is 5.56. The van der Waals surface area contributed by atoms with Crippen molar-refractivity contribution in [1.82, 2.24) is 0 Å². The third kappa shape index (κ3) is 3.23. The Labute approximate surface area is 89.9 Å². The number of nitrogens with one attached hydrogen (secondary N) is 1. The van der Waals surface area contributed by atoms with E-state index in [1.165, 1.54) is 11.1 Å². The van der Waals surface area contributed by atoms with E-state index in [1.54, 1.807) is 0 Å². The van der Waals surface area contributed by atoms with Gasteiger partial charge in [-0.25, -0.2) is 5.53 Å². The van der Waals surface area contributed by atoms with Crippen molar-refractivity contribution in [3.05, 3.63) is 23.3 Å². The summed E-state index contributed by atoms with van der Waals surface area (Å²) in [5.74, 6) is 0.725. The Morgan fingerprint density at radius 3 is 2.67 bits per heavy atom. The molecule has 0 amide bonds. The topological polar surface area (TPSA) is 71.5 Å². The SMILES string of the molecule is Cc1cc(N)c(OCCCN=N)cc1C. The summed E-state index contributed by atoms with van der Waals surface area (Å²) in [6.45, 7) is 5.11. The maximum absolute atomic E-state index is 6.63. The van der Waals surface area contributed by atoms with Crippen molar-refractivity contribution < 1.29 is 4.74 Å². The first-order valence-electron chi connectivity index (χ1n) is 4.98. The van der Waals surface area contributed by atoms with Gasteiger partial charge in [-0.3, -0.25) is 0 Å². The second kappa shape index (κ2) is 5.34. The number of hydrogen-bond donors (Lipinski definition) is 2. The lowest BCUT2D eigenvalue weighted by molar-refractivity contribution is 0.314. The highest BCUT2D eigenvalue weighted by atomic mass is 16.5. The number of nitrogen functional groups attached to an aromatic ring is 1. The molecule has 0 atom stereocenters. The molecule has 0 aliphatic carbocycles. The van der Waals surface area contributed by atoms with Crippen LogP contribution in [0.4, 0.5) is 5.69 Å². The van der Waals surface area contributed by atoms with Crippen LogP contribution in [0.15, 0.2) is 17.2 Å². The molecule has 0 heterocycles. The van der Waals surface area contributed by atoms with Gasteiger partial charge >= 0.3 is 0 Å². The minimum absolute atomic E-state index is 0.505. The lowest BCUT2D eigenvalue weighted by Gasteiger charge is -2.10. The van der Waals surface area contributed by atoms with Gasteiger partial charge in [0.2, 0.25) is 0 Å². The van der Waals surface area contributed by atoms with E-state index < -0.39 is 0 Å². The monoisotopic (exact) mass is 207 g/mol. The van der Waals surface area contributed by atoms with Gasteiger partial charge in [0.1, 0.15) is 5.75 Å². The van der Waals surface area contributed by atoms with E-state index in [0.29, 0.717) is 18.8 Å². The Kier molecular flexibility index (Phi) is 4.09. The van der Waals surface area contributed by atoms with Crippen LogP contribution in [0.25, 0.3) is 0 Å². The Morgan fingerprint density at radius 2 is 2.00 bits per heavy atom. The number of aryl methyl sites for hydroxylation is 2. The van der Waals surface area contributed by atoms with Gasteiger partial charge in [-0.15, -0.1) is 0 Å². The van der Waals surface area contributed by atoms with E-state index in [4.69, 9.17) is 16.0 Å². The molecule has 0 spiro atoms. The summed E-state index contributed by atoms with van der Waals surface area (Å²) in [5, 5.41) is 3.26. The molecule has 0 radical (unpaired) electrons. The molecule has 3 N–H and O–H groups in total. The van der Waals surface area contributed by atoms with Gasteiger partial charge in [-0.05, 0) is 37.1 Å². The van der Waals surface area contributed by atoms with Gasteiger partial charge in [0, 0.05) is 6.42 Å². The van der Waals surface area contributed by atoms with Gasteiger partial charge in [0.15, 0.2) is 0 Å². The lowest BCUT2D eigenvalue weighted by Crippen LogP contribution is -2.02. The first-order valence-corrected chi connectivity index (χ1v) is 4.98. The molecule has 0 saturated heterocycles. The predicted octanol–water partition coefficient (Wildman–Crippen LogP) is 2.69. The first-order chi connectivity index (χ1) is 7.15. The van der Waals surface area contributed by atoms with Gasteiger partial charge in [-0.1, -0.05) is 0 Å². The molecular formula is C11H17N3O. The number of rotatable bonds is 5. The molecule has 0 fully saturated rings. The molecule has 1 rings (SSSR count). The third-order valence-electron chi connectivity index (χ3n) is 2.30. The summed E-state index contributed by atoms with van der Waals surface area (Å²) in [6.07, 6.45) is 0.746. The molecule has 15 heavy (non-hydrogen) atoms. The summed E-state index contributed by atoms with van der Waals surface area (Å²) < 4.78 is 5.51. The van der Waals surface area contributed by atoms with Crippen LogP contribution < -0.4 is 10.5 Å². The Bertz CT molecular complexity index is 350. The highest BCUT2D eigenvalue weighted by Gasteiger charge is 2.03. The molecule has 4 heteroatoms. The van der Waals surface area contributed by atoms with Crippen LogP contribution in [0.3, 0.4) is 0 Å². The fourth-order valence-corrected chi connectivity index (χ4v) is 1.26. The number of benzene rings is 1. The molecule has 0 unspecified atom stereocenters. The van der Waals surface area contributed by atoms with Crippen molar-refractivity contribution in [3.63, 3.8) is 0 Å². The standard InChI is InChI=1S/C11H17N3O/c1-8-6-10(12)11(7-9(8)2)15-5-3-4-14-13/h6-7,13H,3-5,12H2,1-2H3. The van der Waals surface area contributed by atoms with Crippen LogP contribution >= 0.6 is 0 Å². The number of ether oxygens (including phenoxy) is 1. The number of anilines is 1. The predicted molar refractivity (Wildman–Crippen MR) is 60.5 cm³/mol. The second-order valence-corrected chi connectivity index (χ2v) is 3.56. The van der Waals surface area contributed by atoms with Gasteiger partial charge in [0.25, 0.3) is 0 Å². The summed E-state index contributed by atoms with van der Waals surface area (Å²) in [7, 11) is 0. The molecule has 0 aliphatic heterocycles. The minimum Gasteiger partial charge on any atom is -0.491 e. The Balaban J connectivity index is 2.61. The van der Waals surface area contributed by atoms with Crippen LogP contribution in [-0.4, -0.2) is 13.2 Å². The number of nitrogens with two attached hydrogens (primary N) is 1. The molecule has 0 aliphatic rings. The fraction of sp³-hybridized carbons (Fsp3) is 0.455. The van der Waals surface area contributed by atoms with Crippen molar-refractivity contribution >= 4 is 5.69 Å². The zero-order valence-electron chi connectivity index (χ0n) is 9.21. The van der Waals surface area contributed by atoms with E-state index >= 15 is 0 Å². The lowest BCUT2D eigenvalue weighted by atomic mass is 10.1. The van der Waals surface area contributed by atoms with Crippen LogP contribution in [-0.2, 0) is 0 Å². The summed E-state index contributed by atoms with van der Waals surface area (Å²) in [4.78, 5) is 0. The third-order valence-corrected chi connectivity index (χ3v) is 2.30. The van der Waals surface area contributed by atoms with E-state index in [-0.39, 0.29) is 0 Å². The number of nitrogens with zero attached hydrogens (tertiary/aromatic N) is 1. The molecule has 1 aromatic rings. The quantitative estimate of drug-likeness (QED) is 0.442. The zero-order chi connectivity index (χ0) is 11.3. The summed E-state index contributed by atoms with van der Waals surface area (Å²) in [5.41, 5.74) is 15.5. The van der Waals surface area contributed by atoms with Crippen molar-refractivity contribution in [2.75, 3.05) is 18.9 Å². The largest absolute Gasteiger partial charge is 0.491 e. The van der Waals surface area contributed by atoms with Crippen molar-refractivity contribution in [2.45, 2.75) is 20.3 Å². The van der Waals surface area contributed by atoms with Crippen molar-refractivity contribution in [1.29, 1.82) is 5.53 Å². The van der Waals surface area contributed by atoms with Crippen LogP contribution in [0.2, 0.25) is 0 Å². The molecule has 0 bridgehead atoms. The highest BCUT2D eigenvalue weighted by Crippen LogP contribution is 2.25. The number of hydrogen-bond acceptors (Lipinski definition) is 4. The second-order valence-electron chi connectivity index (χ2n) is 3.56. The van der Waals surface area contributed by atoms with Gasteiger partial charge in [0.05, 0.1) is 18.8 Å². The Morgan fingerprint density at radius 1 is 1.33 bits per heavy atom. The normalized spacial score (nSPS) is 10.0. The fourth-order valence-electron chi connectivity index (χ4n) is 1.26. The molecule has 0 saturated carbocycles. The maximum atomic E-state index is 6.63. The summed E-state index contributed by atoms with van der Waals surface area (Å²) >= 11 is 0.